The van der Waals surface area contributed by atoms with Gasteiger partial charge in [0.05, 0.1) is 6.54 Å². The minimum absolute atomic E-state index is 0.109. The van der Waals surface area contributed by atoms with Crippen LogP contribution in [-0.4, -0.2) is 51.1 Å². The van der Waals surface area contributed by atoms with Crippen molar-refractivity contribution in [2.75, 3.05) is 40.3 Å². The van der Waals surface area contributed by atoms with Gasteiger partial charge in [-0.25, -0.2) is 0 Å². The van der Waals surface area contributed by atoms with Crippen molar-refractivity contribution in [3.05, 3.63) is 0 Å². The topological polar surface area (TPSA) is 44.4 Å². The summed E-state index contributed by atoms with van der Waals surface area (Å²) in [5, 5.41) is 6.08. The summed E-state index contributed by atoms with van der Waals surface area (Å²) in [4.78, 5) is 13.6. The van der Waals surface area contributed by atoms with E-state index in [4.69, 9.17) is 0 Å². The number of carbonyl (C=O) groups is 1. The molecule has 17 heavy (non-hydrogen) atoms. The van der Waals surface area contributed by atoms with Crippen LogP contribution in [0.15, 0.2) is 0 Å². The lowest BCUT2D eigenvalue weighted by Crippen LogP contribution is -2.35. The molecule has 0 aliphatic carbocycles. The Morgan fingerprint density at radius 3 is 2.47 bits per heavy atom. The van der Waals surface area contributed by atoms with Crippen molar-refractivity contribution in [3.8, 4) is 0 Å². The molecule has 0 aromatic rings. The molecule has 0 atom stereocenters. The maximum Gasteiger partial charge on any atom is 0.233 e. The fraction of sp³-hybridized carbons (Fsp3) is 0.923. The smallest absolute Gasteiger partial charge is 0.233 e. The number of carbonyl (C=O) groups excluding carboxylic acids is 1. The Kier molecular flexibility index (Phi) is 10.2. The van der Waals surface area contributed by atoms with Gasteiger partial charge in [0.25, 0.3) is 0 Å². The third-order valence-electron chi connectivity index (χ3n) is 2.54. The molecule has 0 aliphatic rings. The first-order valence-corrected chi connectivity index (χ1v) is 6.64. The summed E-state index contributed by atoms with van der Waals surface area (Å²) in [6.45, 7) is 7.59. The minimum Gasteiger partial charge on any atom is -0.355 e. The molecule has 0 rings (SSSR count). The molecule has 0 radical (unpaired) electrons. The van der Waals surface area contributed by atoms with Gasteiger partial charge in [0.15, 0.2) is 0 Å². The van der Waals surface area contributed by atoms with Crippen molar-refractivity contribution in [1.82, 2.24) is 15.5 Å². The van der Waals surface area contributed by atoms with Crippen molar-refractivity contribution in [1.29, 1.82) is 0 Å². The molecule has 0 spiro atoms. The lowest BCUT2D eigenvalue weighted by molar-refractivity contribution is -0.120. The van der Waals surface area contributed by atoms with Crippen LogP contribution >= 0.6 is 0 Å². The molecule has 0 aromatic heterocycles. The van der Waals surface area contributed by atoms with Crippen molar-refractivity contribution >= 4 is 5.91 Å². The van der Waals surface area contributed by atoms with E-state index in [1.807, 2.05) is 0 Å². The predicted molar refractivity (Wildman–Crippen MR) is 73.1 cm³/mol. The average Bonchev–Trinajstić information content (AvgIpc) is 2.22. The van der Waals surface area contributed by atoms with Crippen molar-refractivity contribution in [3.63, 3.8) is 0 Å². The molecule has 4 heteroatoms. The Morgan fingerprint density at radius 1 is 1.18 bits per heavy atom. The van der Waals surface area contributed by atoms with Gasteiger partial charge in [-0.2, -0.15) is 0 Å². The molecule has 0 bridgehead atoms. The van der Waals surface area contributed by atoms with E-state index >= 15 is 0 Å². The van der Waals surface area contributed by atoms with Crippen LogP contribution in [0, 0.1) is 5.92 Å². The summed E-state index contributed by atoms with van der Waals surface area (Å²) in [5.74, 6) is 0.757. The summed E-state index contributed by atoms with van der Waals surface area (Å²) in [6, 6.07) is 0. The predicted octanol–water partition coefficient (Wildman–Crippen LogP) is 1.08. The number of amides is 1. The highest BCUT2D eigenvalue weighted by atomic mass is 16.1. The van der Waals surface area contributed by atoms with Crippen LogP contribution < -0.4 is 10.6 Å². The minimum atomic E-state index is 0.109. The zero-order valence-corrected chi connectivity index (χ0v) is 11.9. The third-order valence-corrected chi connectivity index (χ3v) is 2.54. The SMILES string of the molecule is CC(C)CCNC(=O)CNCCCCN(C)C. The van der Waals surface area contributed by atoms with Crippen LogP contribution in [0.5, 0.6) is 0 Å². The highest BCUT2D eigenvalue weighted by Gasteiger charge is 2.00. The van der Waals surface area contributed by atoms with Crippen molar-refractivity contribution < 1.29 is 4.79 Å². The van der Waals surface area contributed by atoms with Gasteiger partial charge >= 0.3 is 0 Å². The average molecular weight is 243 g/mol. The second kappa shape index (κ2) is 10.5. The first-order valence-electron chi connectivity index (χ1n) is 6.64. The maximum absolute atomic E-state index is 11.4. The zero-order chi connectivity index (χ0) is 13.1. The fourth-order valence-corrected chi connectivity index (χ4v) is 1.44. The number of hydrogen-bond donors (Lipinski definition) is 2. The standard InChI is InChI=1S/C13H29N3O/c1-12(2)7-9-15-13(17)11-14-8-5-6-10-16(3)4/h12,14H,5-11H2,1-4H3,(H,15,17). The van der Waals surface area contributed by atoms with Gasteiger partial charge in [-0.15, -0.1) is 0 Å². The molecule has 4 nitrogen and oxygen atoms in total. The van der Waals surface area contributed by atoms with Gasteiger partial charge in [-0.1, -0.05) is 13.8 Å². The first kappa shape index (κ1) is 16.4. The van der Waals surface area contributed by atoms with E-state index in [-0.39, 0.29) is 5.91 Å². The molecule has 0 saturated carbocycles. The van der Waals surface area contributed by atoms with Crippen LogP contribution in [0.2, 0.25) is 0 Å². The number of hydrogen-bond acceptors (Lipinski definition) is 3. The lowest BCUT2D eigenvalue weighted by Gasteiger charge is -2.10. The number of unbranched alkanes of at least 4 members (excludes halogenated alkanes) is 1. The highest BCUT2D eigenvalue weighted by molar-refractivity contribution is 5.77. The number of rotatable bonds is 10. The molecule has 0 aromatic carbocycles. The molecular formula is C13H29N3O. The summed E-state index contributed by atoms with van der Waals surface area (Å²) in [5.41, 5.74) is 0. The highest BCUT2D eigenvalue weighted by Crippen LogP contribution is 1.95. The Balaban J connectivity index is 3.22. The second-order valence-electron chi connectivity index (χ2n) is 5.22. The molecule has 0 saturated heterocycles. The largest absolute Gasteiger partial charge is 0.355 e. The van der Waals surface area contributed by atoms with E-state index in [0.717, 1.165) is 32.5 Å². The van der Waals surface area contributed by atoms with E-state index in [1.54, 1.807) is 0 Å². The molecule has 0 unspecified atom stereocenters. The van der Waals surface area contributed by atoms with Gasteiger partial charge < -0.3 is 15.5 Å². The number of nitrogens with one attached hydrogen (secondary N) is 2. The molecular weight excluding hydrogens is 214 g/mol. The van der Waals surface area contributed by atoms with E-state index in [0.29, 0.717) is 12.5 Å². The van der Waals surface area contributed by atoms with Gasteiger partial charge in [0.1, 0.15) is 0 Å². The Hall–Kier alpha value is -0.610. The van der Waals surface area contributed by atoms with Gasteiger partial charge in [-0.05, 0) is 52.4 Å². The van der Waals surface area contributed by atoms with Crippen LogP contribution in [0.3, 0.4) is 0 Å². The Labute approximate surface area is 106 Å². The molecule has 0 aliphatic heterocycles. The van der Waals surface area contributed by atoms with E-state index in [1.165, 1.54) is 6.42 Å². The van der Waals surface area contributed by atoms with E-state index in [9.17, 15) is 4.79 Å². The van der Waals surface area contributed by atoms with Gasteiger partial charge in [-0.3, -0.25) is 4.79 Å². The van der Waals surface area contributed by atoms with Crippen LogP contribution in [-0.2, 0) is 4.79 Å². The summed E-state index contributed by atoms with van der Waals surface area (Å²) >= 11 is 0. The maximum atomic E-state index is 11.4. The number of nitrogens with zero attached hydrogens (tertiary/aromatic N) is 1. The van der Waals surface area contributed by atoms with Crippen LogP contribution in [0.1, 0.15) is 33.1 Å². The fourth-order valence-electron chi connectivity index (χ4n) is 1.44. The lowest BCUT2D eigenvalue weighted by atomic mass is 10.1. The van der Waals surface area contributed by atoms with Crippen molar-refractivity contribution in [2.45, 2.75) is 33.1 Å². The second-order valence-corrected chi connectivity index (χ2v) is 5.22. The summed E-state index contributed by atoms with van der Waals surface area (Å²) in [6.07, 6.45) is 3.35. The molecule has 1 amide bonds. The van der Waals surface area contributed by atoms with E-state index in [2.05, 4.69) is 43.5 Å². The monoisotopic (exact) mass is 243 g/mol. The summed E-state index contributed by atoms with van der Waals surface area (Å²) < 4.78 is 0. The molecule has 2 N–H and O–H groups in total. The van der Waals surface area contributed by atoms with Crippen molar-refractivity contribution in [2.24, 2.45) is 5.92 Å². The van der Waals surface area contributed by atoms with Gasteiger partial charge in [0.2, 0.25) is 5.91 Å². The summed E-state index contributed by atoms with van der Waals surface area (Å²) in [7, 11) is 4.16. The van der Waals surface area contributed by atoms with Crippen LogP contribution in [0.4, 0.5) is 0 Å². The van der Waals surface area contributed by atoms with Crippen LogP contribution in [0.25, 0.3) is 0 Å². The normalized spacial score (nSPS) is 11.2. The first-order chi connectivity index (χ1) is 8.02. The van der Waals surface area contributed by atoms with Gasteiger partial charge in [0, 0.05) is 6.54 Å². The molecule has 0 fully saturated rings. The third kappa shape index (κ3) is 13.3. The Morgan fingerprint density at radius 2 is 1.88 bits per heavy atom. The Bertz CT molecular complexity index is 193. The van der Waals surface area contributed by atoms with E-state index < -0.39 is 0 Å². The molecule has 102 valence electrons. The quantitative estimate of drug-likeness (QED) is 0.564. The molecule has 0 heterocycles. The zero-order valence-electron chi connectivity index (χ0n) is 11.9.